The van der Waals surface area contributed by atoms with E-state index in [1.54, 1.807) is 25.1 Å². The highest BCUT2D eigenvalue weighted by atomic mass is 16.5. The highest BCUT2D eigenvalue weighted by Crippen LogP contribution is 2.11. The van der Waals surface area contributed by atoms with Gasteiger partial charge in [0, 0.05) is 11.8 Å². The van der Waals surface area contributed by atoms with E-state index in [2.05, 4.69) is 10.5 Å². The number of anilines is 1. The van der Waals surface area contributed by atoms with Crippen molar-refractivity contribution in [3.63, 3.8) is 0 Å². The van der Waals surface area contributed by atoms with Crippen molar-refractivity contribution in [2.45, 2.75) is 13.3 Å². The highest BCUT2D eigenvalue weighted by Gasteiger charge is 2.09. The smallest absolute Gasteiger partial charge is 0.335 e. The third kappa shape index (κ3) is 3.41. The molecular weight excluding hydrogens is 248 g/mol. The summed E-state index contributed by atoms with van der Waals surface area (Å²) in [4.78, 5) is 22.5. The molecule has 0 fully saturated rings. The first-order valence-electron chi connectivity index (χ1n) is 5.60. The molecule has 19 heavy (non-hydrogen) atoms. The van der Waals surface area contributed by atoms with Gasteiger partial charge in [0.05, 0.1) is 17.7 Å². The number of carbonyl (C=O) groups excluding carboxylic acids is 1. The molecule has 0 saturated carbocycles. The van der Waals surface area contributed by atoms with Gasteiger partial charge in [-0.2, -0.15) is 0 Å². The van der Waals surface area contributed by atoms with Crippen LogP contribution < -0.4 is 5.32 Å². The van der Waals surface area contributed by atoms with Crippen LogP contribution in [-0.4, -0.2) is 22.1 Å². The predicted molar refractivity (Wildman–Crippen MR) is 67.0 cm³/mol. The Morgan fingerprint density at radius 2 is 2.16 bits per heavy atom. The monoisotopic (exact) mass is 260 g/mol. The molecule has 6 heteroatoms. The van der Waals surface area contributed by atoms with Crippen LogP contribution in [0, 0.1) is 6.92 Å². The molecule has 0 bridgehead atoms. The summed E-state index contributed by atoms with van der Waals surface area (Å²) in [7, 11) is 0. The van der Waals surface area contributed by atoms with E-state index >= 15 is 0 Å². The van der Waals surface area contributed by atoms with Gasteiger partial charge in [0.1, 0.15) is 5.76 Å². The summed E-state index contributed by atoms with van der Waals surface area (Å²) >= 11 is 0. The second-order valence-corrected chi connectivity index (χ2v) is 4.04. The number of carbonyl (C=O) groups is 2. The Labute approximate surface area is 109 Å². The molecule has 0 saturated heterocycles. The van der Waals surface area contributed by atoms with Gasteiger partial charge in [-0.15, -0.1) is 0 Å². The van der Waals surface area contributed by atoms with Crippen LogP contribution in [0.2, 0.25) is 0 Å². The van der Waals surface area contributed by atoms with E-state index in [1.165, 1.54) is 12.1 Å². The molecule has 0 aliphatic heterocycles. The summed E-state index contributed by atoms with van der Waals surface area (Å²) in [6.45, 7) is 1.74. The van der Waals surface area contributed by atoms with Crippen LogP contribution in [-0.2, 0) is 11.2 Å². The van der Waals surface area contributed by atoms with Gasteiger partial charge in [-0.25, -0.2) is 4.79 Å². The van der Waals surface area contributed by atoms with Crippen molar-refractivity contribution in [2.75, 3.05) is 5.32 Å². The van der Waals surface area contributed by atoms with E-state index in [9.17, 15) is 9.59 Å². The van der Waals surface area contributed by atoms with Crippen molar-refractivity contribution in [3.05, 3.63) is 47.3 Å². The molecule has 1 amide bonds. The number of hydrogen-bond donors (Lipinski definition) is 2. The molecule has 6 nitrogen and oxygen atoms in total. The van der Waals surface area contributed by atoms with E-state index in [0.29, 0.717) is 17.1 Å². The van der Waals surface area contributed by atoms with Crippen molar-refractivity contribution in [1.82, 2.24) is 5.16 Å². The van der Waals surface area contributed by atoms with Gasteiger partial charge in [-0.1, -0.05) is 11.2 Å². The van der Waals surface area contributed by atoms with Crippen molar-refractivity contribution in [1.29, 1.82) is 0 Å². The number of rotatable bonds is 4. The number of aromatic carboxylic acids is 1. The van der Waals surface area contributed by atoms with Gasteiger partial charge < -0.3 is 14.9 Å². The Bertz CT molecular complexity index is 619. The Morgan fingerprint density at radius 3 is 2.79 bits per heavy atom. The quantitative estimate of drug-likeness (QED) is 0.875. The van der Waals surface area contributed by atoms with Gasteiger partial charge in [0.15, 0.2) is 0 Å². The highest BCUT2D eigenvalue weighted by molar-refractivity contribution is 5.94. The predicted octanol–water partition coefficient (Wildman–Crippen LogP) is 1.86. The van der Waals surface area contributed by atoms with Gasteiger partial charge >= 0.3 is 5.97 Å². The number of nitrogens with one attached hydrogen (secondary N) is 1. The maximum atomic E-state index is 11.7. The molecule has 0 atom stereocenters. The Kier molecular flexibility index (Phi) is 3.61. The van der Waals surface area contributed by atoms with Crippen LogP contribution in [0.5, 0.6) is 0 Å². The summed E-state index contributed by atoms with van der Waals surface area (Å²) in [5.74, 6) is -0.685. The average Bonchev–Trinajstić information content (AvgIpc) is 2.74. The second kappa shape index (κ2) is 5.34. The minimum absolute atomic E-state index is 0.0780. The van der Waals surface area contributed by atoms with E-state index in [-0.39, 0.29) is 17.9 Å². The van der Waals surface area contributed by atoms with Crippen molar-refractivity contribution < 1.29 is 19.2 Å². The fourth-order valence-corrected chi connectivity index (χ4v) is 1.60. The zero-order valence-corrected chi connectivity index (χ0v) is 10.2. The average molecular weight is 260 g/mol. The van der Waals surface area contributed by atoms with Crippen LogP contribution in [0.3, 0.4) is 0 Å². The molecule has 98 valence electrons. The third-order valence-electron chi connectivity index (χ3n) is 2.41. The van der Waals surface area contributed by atoms with Crippen LogP contribution in [0.4, 0.5) is 5.69 Å². The minimum atomic E-state index is -1.04. The Morgan fingerprint density at radius 1 is 1.37 bits per heavy atom. The molecule has 0 aliphatic carbocycles. The van der Waals surface area contributed by atoms with Gasteiger partial charge in [-0.05, 0) is 25.1 Å². The number of aromatic nitrogens is 1. The second-order valence-electron chi connectivity index (χ2n) is 4.04. The fourth-order valence-electron chi connectivity index (χ4n) is 1.60. The molecule has 0 unspecified atom stereocenters. The maximum absolute atomic E-state index is 11.7. The summed E-state index contributed by atoms with van der Waals surface area (Å²) in [6, 6.07) is 7.72. The first-order valence-corrected chi connectivity index (χ1v) is 5.60. The summed E-state index contributed by atoms with van der Waals surface area (Å²) in [6.07, 6.45) is 0.0780. The first-order chi connectivity index (χ1) is 9.04. The molecule has 0 radical (unpaired) electrons. The van der Waals surface area contributed by atoms with Crippen LogP contribution in [0.25, 0.3) is 0 Å². The van der Waals surface area contributed by atoms with Crippen LogP contribution >= 0.6 is 0 Å². The first kappa shape index (κ1) is 12.8. The lowest BCUT2D eigenvalue weighted by atomic mass is 10.2. The molecule has 1 heterocycles. The van der Waals surface area contributed by atoms with E-state index in [1.807, 2.05) is 0 Å². The van der Waals surface area contributed by atoms with Crippen molar-refractivity contribution in [3.8, 4) is 0 Å². The number of hydrogen-bond acceptors (Lipinski definition) is 4. The lowest BCUT2D eigenvalue weighted by Crippen LogP contribution is -2.14. The molecule has 1 aromatic heterocycles. The molecule has 2 N–H and O–H groups in total. The summed E-state index contributed by atoms with van der Waals surface area (Å²) in [5.41, 5.74) is 1.09. The van der Waals surface area contributed by atoms with Gasteiger partial charge in [-0.3, -0.25) is 4.79 Å². The van der Waals surface area contributed by atoms with E-state index in [0.717, 1.165) is 0 Å². The lowest BCUT2D eigenvalue weighted by molar-refractivity contribution is -0.115. The molecule has 2 rings (SSSR count). The van der Waals surface area contributed by atoms with E-state index in [4.69, 9.17) is 9.63 Å². The Hall–Kier alpha value is -2.63. The zero-order valence-electron chi connectivity index (χ0n) is 10.2. The van der Waals surface area contributed by atoms with E-state index < -0.39 is 5.97 Å². The Balaban J connectivity index is 2.02. The number of amides is 1. The number of carboxylic acid groups (broad SMARTS) is 1. The lowest BCUT2D eigenvalue weighted by Gasteiger charge is -2.04. The minimum Gasteiger partial charge on any atom is -0.478 e. The van der Waals surface area contributed by atoms with Gasteiger partial charge in [0.25, 0.3) is 0 Å². The van der Waals surface area contributed by atoms with Crippen LogP contribution in [0.15, 0.2) is 34.9 Å². The fraction of sp³-hybridized carbons (Fsp3) is 0.154. The SMILES string of the molecule is Cc1cc(CC(=O)Nc2cccc(C(=O)O)c2)no1. The molecule has 2 aromatic rings. The number of carboxylic acids is 1. The number of aryl methyl sites for hydroxylation is 1. The topological polar surface area (TPSA) is 92.4 Å². The maximum Gasteiger partial charge on any atom is 0.335 e. The number of nitrogens with zero attached hydrogens (tertiary/aromatic N) is 1. The zero-order chi connectivity index (χ0) is 13.8. The van der Waals surface area contributed by atoms with Crippen LogP contribution in [0.1, 0.15) is 21.8 Å². The third-order valence-corrected chi connectivity index (χ3v) is 2.41. The number of benzene rings is 1. The normalized spacial score (nSPS) is 10.2. The van der Waals surface area contributed by atoms with Gasteiger partial charge in [0.2, 0.25) is 5.91 Å². The molecule has 0 spiro atoms. The summed E-state index contributed by atoms with van der Waals surface area (Å²) in [5, 5.41) is 15.2. The van der Waals surface area contributed by atoms with Crippen molar-refractivity contribution >= 4 is 17.6 Å². The largest absolute Gasteiger partial charge is 0.478 e. The molecule has 0 aliphatic rings. The molecule has 1 aromatic carbocycles. The molecular formula is C13H12N2O4. The summed E-state index contributed by atoms with van der Waals surface area (Å²) < 4.78 is 4.86. The standard InChI is InChI=1S/C13H12N2O4/c1-8-5-11(15-19-8)7-12(16)14-10-4-2-3-9(6-10)13(17)18/h2-6H,7H2,1H3,(H,14,16)(H,17,18). The van der Waals surface area contributed by atoms with Crippen molar-refractivity contribution in [2.24, 2.45) is 0 Å².